The van der Waals surface area contributed by atoms with Crippen molar-refractivity contribution in [1.82, 2.24) is 9.97 Å². The maximum Gasteiger partial charge on any atom is 0.138 e. The molecule has 1 aromatic rings. The van der Waals surface area contributed by atoms with Crippen LogP contribution in [0.1, 0.15) is 51.4 Å². The van der Waals surface area contributed by atoms with E-state index in [0.717, 1.165) is 36.5 Å². The lowest BCUT2D eigenvalue weighted by Crippen LogP contribution is -2.28. The van der Waals surface area contributed by atoms with Crippen molar-refractivity contribution in [3.8, 4) is 0 Å². The summed E-state index contributed by atoms with van der Waals surface area (Å²) in [6, 6.07) is 0.279. The lowest BCUT2D eigenvalue weighted by atomic mass is 9.95. The largest absolute Gasteiger partial charge is 0.396 e. The molecule has 5 nitrogen and oxygen atoms in total. The first kappa shape index (κ1) is 15.0. The molecule has 0 radical (unpaired) electrons. The number of hydrogen-bond acceptors (Lipinski definition) is 5. The number of nitrogens with zero attached hydrogens (tertiary/aromatic N) is 2. The van der Waals surface area contributed by atoms with Crippen molar-refractivity contribution in [3.63, 3.8) is 0 Å². The van der Waals surface area contributed by atoms with Crippen molar-refractivity contribution in [2.75, 3.05) is 17.7 Å². The molecule has 0 amide bonds. The van der Waals surface area contributed by atoms with E-state index in [2.05, 4.69) is 36.1 Å². The van der Waals surface area contributed by atoms with Crippen LogP contribution in [-0.2, 0) is 5.41 Å². The van der Waals surface area contributed by atoms with E-state index in [1.165, 1.54) is 0 Å². The van der Waals surface area contributed by atoms with E-state index in [1.54, 1.807) is 0 Å². The van der Waals surface area contributed by atoms with Gasteiger partial charge in [-0.3, -0.25) is 0 Å². The number of nitrogen functional groups attached to an aromatic ring is 1. The molecule has 1 heterocycles. The molecule has 0 aliphatic heterocycles. The molecule has 5 heteroatoms. The first-order valence-corrected chi connectivity index (χ1v) is 7.35. The van der Waals surface area contributed by atoms with Crippen molar-refractivity contribution in [2.24, 2.45) is 5.92 Å². The van der Waals surface area contributed by atoms with Crippen LogP contribution in [0.3, 0.4) is 0 Å². The van der Waals surface area contributed by atoms with Crippen molar-refractivity contribution < 1.29 is 5.11 Å². The number of aromatic nitrogens is 2. The van der Waals surface area contributed by atoms with Crippen molar-refractivity contribution in [1.29, 1.82) is 0 Å². The molecule has 1 aliphatic rings. The smallest absolute Gasteiger partial charge is 0.138 e. The Kier molecular flexibility index (Phi) is 4.18. The van der Waals surface area contributed by atoms with Gasteiger partial charge < -0.3 is 16.2 Å². The highest BCUT2D eigenvalue weighted by molar-refractivity contribution is 5.55. The van der Waals surface area contributed by atoms with Crippen molar-refractivity contribution in [2.45, 2.75) is 58.4 Å². The number of rotatable bonds is 3. The summed E-state index contributed by atoms with van der Waals surface area (Å²) in [6.45, 7) is 8.39. The third kappa shape index (κ3) is 3.03. The summed E-state index contributed by atoms with van der Waals surface area (Å²) >= 11 is 0. The van der Waals surface area contributed by atoms with E-state index in [9.17, 15) is 5.11 Å². The molecular weight excluding hydrogens is 252 g/mol. The zero-order valence-electron chi connectivity index (χ0n) is 12.9. The average Bonchev–Trinajstić information content (AvgIpc) is 2.80. The van der Waals surface area contributed by atoms with Gasteiger partial charge in [0, 0.05) is 29.5 Å². The van der Waals surface area contributed by atoms with Gasteiger partial charge in [-0.25, -0.2) is 9.97 Å². The summed E-state index contributed by atoms with van der Waals surface area (Å²) < 4.78 is 0. The predicted molar refractivity (Wildman–Crippen MR) is 81.7 cm³/mol. The number of nitrogens with one attached hydrogen (secondary N) is 1. The highest BCUT2D eigenvalue weighted by atomic mass is 16.3. The monoisotopic (exact) mass is 278 g/mol. The molecule has 0 aromatic carbocycles. The second-order valence-electron chi connectivity index (χ2n) is 6.78. The molecule has 4 N–H and O–H groups in total. The molecule has 1 aromatic heterocycles. The summed E-state index contributed by atoms with van der Waals surface area (Å²) in [4.78, 5) is 9.05. The van der Waals surface area contributed by atoms with Crippen LogP contribution >= 0.6 is 0 Å². The number of anilines is 2. The quantitative estimate of drug-likeness (QED) is 0.789. The Morgan fingerprint density at radius 2 is 2.00 bits per heavy atom. The number of nitrogens with two attached hydrogens (primary N) is 1. The Bertz CT molecular complexity index is 481. The highest BCUT2D eigenvalue weighted by Crippen LogP contribution is 2.30. The maximum atomic E-state index is 9.42. The summed E-state index contributed by atoms with van der Waals surface area (Å²) in [5.41, 5.74) is 6.77. The van der Waals surface area contributed by atoms with Crippen LogP contribution in [0.4, 0.5) is 11.6 Å². The minimum Gasteiger partial charge on any atom is -0.396 e. The Morgan fingerprint density at radius 3 is 2.60 bits per heavy atom. The Labute approximate surface area is 121 Å². The standard InChI is InChI=1S/C15H26N4O/c1-9-12(16)18-14(15(2,3)4)19-13(9)17-11-7-5-6-10(11)8-20/h10-11,20H,5-8H2,1-4H3,(H3,16,17,18,19). The topological polar surface area (TPSA) is 84.1 Å². The molecular formula is C15H26N4O. The summed E-state index contributed by atoms with van der Waals surface area (Å²) in [6.07, 6.45) is 3.29. The molecule has 2 unspecified atom stereocenters. The minimum atomic E-state index is -0.135. The zero-order valence-corrected chi connectivity index (χ0v) is 12.9. The van der Waals surface area contributed by atoms with Gasteiger partial charge in [-0.1, -0.05) is 27.2 Å². The normalized spacial score (nSPS) is 23.1. The number of aliphatic hydroxyl groups excluding tert-OH is 1. The molecule has 0 bridgehead atoms. The van der Waals surface area contributed by atoms with E-state index >= 15 is 0 Å². The maximum absolute atomic E-state index is 9.42. The third-order valence-corrected chi connectivity index (χ3v) is 4.07. The number of hydrogen-bond donors (Lipinski definition) is 3. The van der Waals surface area contributed by atoms with Gasteiger partial charge in [0.25, 0.3) is 0 Å². The van der Waals surface area contributed by atoms with Crippen LogP contribution in [0.2, 0.25) is 0 Å². The van der Waals surface area contributed by atoms with E-state index in [1.807, 2.05) is 6.92 Å². The molecule has 1 aliphatic carbocycles. The van der Waals surface area contributed by atoms with Crippen LogP contribution in [0, 0.1) is 12.8 Å². The van der Waals surface area contributed by atoms with Crippen LogP contribution in [-0.4, -0.2) is 27.7 Å². The Balaban J connectivity index is 2.29. The minimum absolute atomic E-state index is 0.135. The molecule has 20 heavy (non-hydrogen) atoms. The van der Waals surface area contributed by atoms with E-state index in [-0.39, 0.29) is 18.1 Å². The SMILES string of the molecule is Cc1c(N)nc(C(C)(C)C)nc1NC1CCCC1CO. The van der Waals surface area contributed by atoms with Gasteiger partial charge in [0.2, 0.25) is 0 Å². The molecule has 112 valence electrons. The van der Waals surface area contributed by atoms with Gasteiger partial charge in [0.05, 0.1) is 0 Å². The second kappa shape index (κ2) is 5.56. The lowest BCUT2D eigenvalue weighted by molar-refractivity contribution is 0.222. The highest BCUT2D eigenvalue weighted by Gasteiger charge is 2.28. The molecule has 2 atom stereocenters. The van der Waals surface area contributed by atoms with Crippen molar-refractivity contribution in [3.05, 3.63) is 11.4 Å². The van der Waals surface area contributed by atoms with E-state index < -0.39 is 0 Å². The van der Waals surface area contributed by atoms with Gasteiger partial charge in [-0.05, 0) is 19.8 Å². The molecule has 0 spiro atoms. The van der Waals surface area contributed by atoms with Gasteiger partial charge in [-0.2, -0.15) is 0 Å². The summed E-state index contributed by atoms with van der Waals surface area (Å²) in [7, 11) is 0. The van der Waals surface area contributed by atoms with Crippen molar-refractivity contribution >= 4 is 11.6 Å². The summed E-state index contributed by atoms with van der Waals surface area (Å²) in [5.74, 6) is 2.41. The van der Waals surface area contributed by atoms with Gasteiger partial charge >= 0.3 is 0 Å². The molecule has 0 saturated heterocycles. The van der Waals surface area contributed by atoms with Crippen LogP contribution in [0.5, 0.6) is 0 Å². The lowest BCUT2D eigenvalue weighted by Gasteiger charge is -2.24. The van der Waals surface area contributed by atoms with Gasteiger partial charge in [0.15, 0.2) is 0 Å². The number of aliphatic hydroxyl groups is 1. The van der Waals surface area contributed by atoms with E-state index in [0.29, 0.717) is 11.7 Å². The Morgan fingerprint density at radius 1 is 1.30 bits per heavy atom. The van der Waals surface area contributed by atoms with Crippen LogP contribution < -0.4 is 11.1 Å². The first-order chi connectivity index (χ1) is 9.32. The van der Waals surface area contributed by atoms with Crippen LogP contribution in [0.25, 0.3) is 0 Å². The molecule has 1 fully saturated rings. The second-order valence-corrected chi connectivity index (χ2v) is 6.78. The fourth-order valence-electron chi connectivity index (χ4n) is 2.63. The summed E-state index contributed by atoms with van der Waals surface area (Å²) in [5, 5.41) is 12.9. The average molecular weight is 278 g/mol. The first-order valence-electron chi connectivity index (χ1n) is 7.35. The Hall–Kier alpha value is -1.36. The fraction of sp³-hybridized carbons (Fsp3) is 0.733. The predicted octanol–water partition coefficient (Wildman–Crippen LogP) is 2.24. The van der Waals surface area contributed by atoms with E-state index in [4.69, 9.17) is 5.73 Å². The third-order valence-electron chi connectivity index (χ3n) is 4.07. The fourth-order valence-corrected chi connectivity index (χ4v) is 2.63. The van der Waals surface area contributed by atoms with Gasteiger partial charge in [0.1, 0.15) is 17.5 Å². The van der Waals surface area contributed by atoms with Crippen LogP contribution in [0.15, 0.2) is 0 Å². The zero-order chi connectivity index (χ0) is 14.9. The van der Waals surface area contributed by atoms with Gasteiger partial charge in [-0.15, -0.1) is 0 Å². The molecule has 1 saturated carbocycles. The molecule has 2 rings (SSSR count).